The minimum Gasteiger partial charge on any atom is -0.497 e. The first-order valence-electron chi connectivity index (χ1n) is 7.18. The van der Waals surface area contributed by atoms with Crippen molar-refractivity contribution in [3.63, 3.8) is 0 Å². The van der Waals surface area contributed by atoms with Gasteiger partial charge in [0.2, 0.25) is 5.91 Å². The zero-order chi connectivity index (χ0) is 14.1. The molecule has 0 radical (unpaired) electrons. The number of hydrogen-bond donors (Lipinski definition) is 1. The van der Waals surface area contributed by atoms with Gasteiger partial charge in [0.1, 0.15) is 5.75 Å². The molecule has 1 amide bonds. The molecule has 0 saturated heterocycles. The Bertz CT molecular complexity index is 645. The maximum Gasteiger partial charge on any atom is 0.222 e. The number of fused-ring (bicyclic) bond motifs is 3. The summed E-state index contributed by atoms with van der Waals surface area (Å²) in [5, 5.41) is 1.22. The average molecular weight is 272 g/mol. The number of carbonyl (C=O) groups excluding carboxylic acids is 1. The number of nitrogens with zero attached hydrogens (tertiary/aromatic N) is 1. The van der Waals surface area contributed by atoms with Crippen molar-refractivity contribution in [1.29, 1.82) is 0 Å². The standard InChI is InChI=1S/C16H20N2O2/c1-3-4-16(19)18-8-7-12-13-9-11(20-2)5-6-14(13)17-15(12)10-18/h5-6,9,17H,3-4,7-8,10H2,1-2H3. The Kier molecular flexibility index (Phi) is 3.38. The van der Waals surface area contributed by atoms with E-state index in [2.05, 4.69) is 11.1 Å². The molecule has 106 valence electrons. The van der Waals surface area contributed by atoms with Gasteiger partial charge in [-0.05, 0) is 36.6 Å². The molecule has 20 heavy (non-hydrogen) atoms. The van der Waals surface area contributed by atoms with Gasteiger partial charge in [0.25, 0.3) is 0 Å². The lowest BCUT2D eigenvalue weighted by molar-refractivity contribution is -0.132. The fourth-order valence-electron chi connectivity index (χ4n) is 2.93. The predicted octanol–water partition coefficient (Wildman–Crippen LogP) is 2.86. The van der Waals surface area contributed by atoms with Crippen molar-refractivity contribution in [3.05, 3.63) is 29.5 Å². The SMILES string of the molecule is CCCC(=O)N1CCc2c([nH]c3ccc(OC)cc23)C1. The molecule has 2 aromatic rings. The number of aromatic nitrogens is 1. The summed E-state index contributed by atoms with van der Waals surface area (Å²) in [7, 11) is 1.69. The van der Waals surface area contributed by atoms with Crippen LogP contribution in [0.3, 0.4) is 0 Å². The molecular weight excluding hydrogens is 252 g/mol. The molecule has 0 saturated carbocycles. The Morgan fingerprint density at radius 1 is 1.45 bits per heavy atom. The summed E-state index contributed by atoms with van der Waals surface area (Å²) in [4.78, 5) is 17.4. The molecule has 0 atom stereocenters. The monoisotopic (exact) mass is 272 g/mol. The third kappa shape index (κ3) is 2.15. The number of nitrogens with one attached hydrogen (secondary N) is 1. The van der Waals surface area contributed by atoms with Crippen molar-refractivity contribution in [2.75, 3.05) is 13.7 Å². The van der Waals surface area contributed by atoms with E-state index in [1.807, 2.05) is 24.0 Å². The molecule has 1 aromatic carbocycles. The van der Waals surface area contributed by atoms with Crippen LogP contribution < -0.4 is 4.74 Å². The van der Waals surface area contributed by atoms with Crippen LogP contribution in [0.15, 0.2) is 18.2 Å². The number of methoxy groups -OCH3 is 1. The Labute approximate surface area is 118 Å². The van der Waals surface area contributed by atoms with Gasteiger partial charge in [0.15, 0.2) is 0 Å². The van der Waals surface area contributed by atoms with Gasteiger partial charge in [-0.3, -0.25) is 4.79 Å². The van der Waals surface area contributed by atoms with Crippen molar-refractivity contribution >= 4 is 16.8 Å². The lowest BCUT2D eigenvalue weighted by atomic mass is 10.0. The fourth-order valence-corrected chi connectivity index (χ4v) is 2.93. The van der Waals surface area contributed by atoms with E-state index in [0.29, 0.717) is 13.0 Å². The molecule has 0 unspecified atom stereocenters. The molecule has 0 bridgehead atoms. The predicted molar refractivity (Wildman–Crippen MR) is 78.9 cm³/mol. The maximum atomic E-state index is 12.0. The number of carbonyl (C=O) groups is 1. The van der Waals surface area contributed by atoms with Gasteiger partial charge in [-0.15, -0.1) is 0 Å². The smallest absolute Gasteiger partial charge is 0.222 e. The molecule has 0 spiro atoms. The van der Waals surface area contributed by atoms with Crippen molar-refractivity contribution in [1.82, 2.24) is 9.88 Å². The second-order valence-electron chi connectivity index (χ2n) is 5.31. The molecule has 4 heteroatoms. The Morgan fingerprint density at radius 2 is 2.30 bits per heavy atom. The first kappa shape index (κ1) is 13.0. The summed E-state index contributed by atoms with van der Waals surface area (Å²) in [5.74, 6) is 1.14. The molecule has 1 aliphatic heterocycles. The summed E-state index contributed by atoms with van der Waals surface area (Å²) in [6.07, 6.45) is 2.47. The normalized spacial score (nSPS) is 14.4. The first-order chi connectivity index (χ1) is 9.72. The minimum absolute atomic E-state index is 0.259. The molecule has 4 nitrogen and oxygen atoms in total. The highest BCUT2D eigenvalue weighted by molar-refractivity contribution is 5.87. The van der Waals surface area contributed by atoms with Gasteiger partial charge in [0, 0.05) is 29.6 Å². The molecule has 0 fully saturated rings. The number of amides is 1. The van der Waals surface area contributed by atoms with Crippen LogP contribution in [-0.4, -0.2) is 29.4 Å². The zero-order valence-corrected chi connectivity index (χ0v) is 12.0. The zero-order valence-electron chi connectivity index (χ0n) is 12.0. The van der Waals surface area contributed by atoms with E-state index in [1.165, 1.54) is 16.6 Å². The molecule has 1 N–H and O–H groups in total. The van der Waals surface area contributed by atoms with E-state index in [9.17, 15) is 4.79 Å². The molecule has 2 heterocycles. The van der Waals surface area contributed by atoms with Crippen LogP contribution in [0.2, 0.25) is 0 Å². The van der Waals surface area contributed by atoms with Gasteiger partial charge >= 0.3 is 0 Å². The summed E-state index contributed by atoms with van der Waals surface area (Å²) in [6.45, 7) is 3.56. The van der Waals surface area contributed by atoms with E-state index in [-0.39, 0.29) is 5.91 Å². The minimum atomic E-state index is 0.259. The largest absolute Gasteiger partial charge is 0.497 e. The Balaban J connectivity index is 1.93. The number of H-pyrrole nitrogens is 1. The van der Waals surface area contributed by atoms with Crippen LogP contribution in [0.25, 0.3) is 10.9 Å². The van der Waals surface area contributed by atoms with Crippen molar-refractivity contribution in [2.24, 2.45) is 0 Å². The van der Waals surface area contributed by atoms with Gasteiger partial charge in [-0.2, -0.15) is 0 Å². The van der Waals surface area contributed by atoms with Gasteiger partial charge in [-0.1, -0.05) is 6.92 Å². The van der Waals surface area contributed by atoms with Crippen LogP contribution >= 0.6 is 0 Å². The van der Waals surface area contributed by atoms with Crippen molar-refractivity contribution in [3.8, 4) is 5.75 Å². The van der Waals surface area contributed by atoms with Gasteiger partial charge in [0.05, 0.1) is 13.7 Å². The second-order valence-corrected chi connectivity index (χ2v) is 5.31. The van der Waals surface area contributed by atoms with Gasteiger partial charge < -0.3 is 14.6 Å². The van der Waals surface area contributed by atoms with Crippen LogP contribution in [0.5, 0.6) is 5.75 Å². The number of ether oxygens (including phenoxy) is 1. The molecule has 3 rings (SSSR count). The lowest BCUT2D eigenvalue weighted by Crippen LogP contribution is -2.35. The quantitative estimate of drug-likeness (QED) is 0.933. The topological polar surface area (TPSA) is 45.3 Å². The summed E-state index contributed by atoms with van der Waals surface area (Å²) < 4.78 is 5.30. The number of aromatic amines is 1. The van der Waals surface area contributed by atoms with E-state index in [1.54, 1.807) is 7.11 Å². The second kappa shape index (κ2) is 5.19. The lowest BCUT2D eigenvalue weighted by Gasteiger charge is -2.27. The summed E-state index contributed by atoms with van der Waals surface area (Å²) in [6, 6.07) is 6.09. The molecule has 1 aliphatic rings. The summed E-state index contributed by atoms with van der Waals surface area (Å²) in [5.41, 5.74) is 3.63. The highest BCUT2D eigenvalue weighted by Gasteiger charge is 2.23. The summed E-state index contributed by atoms with van der Waals surface area (Å²) >= 11 is 0. The van der Waals surface area contributed by atoms with E-state index < -0.39 is 0 Å². The maximum absolute atomic E-state index is 12.0. The number of hydrogen-bond acceptors (Lipinski definition) is 2. The Morgan fingerprint density at radius 3 is 3.05 bits per heavy atom. The van der Waals surface area contributed by atoms with E-state index in [4.69, 9.17) is 4.74 Å². The Hall–Kier alpha value is -1.97. The van der Waals surface area contributed by atoms with Crippen LogP contribution in [0.4, 0.5) is 0 Å². The molecule has 0 aliphatic carbocycles. The first-order valence-corrected chi connectivity index (χ1v) is 7.18. The molecular formula is C16H20N2O2. The van der Waals surface area contributed by atoms with Gasteiger partial charge in [-0.25, -0.2) is 0 Å². The van der Waals surface area contributed by atoms with Crippen LogP contribution in [-0.2, 0) is 17.8 Å². The van der Waals surface area contributed by atoms with Crippen molar-refractivity contribution < 1.29 is 9.53 Å². The highest BCUT2D eigenvalue weighted by Crippen LogP contribution is 2.30. The van der Waals surface area contributed by atoms with E-state index in [0.717, 1.165) is 30.7 Å². The molecule has 1 aromatic heterocycles. The van der Waals surface area contributed by atoms with Crippen LogP contribution in [0.1, 0.15) is 31.0 Å². The number of rotatable bonds is 3. The van der Waals surface area contributed by atoms with Crippen molar-refractivity contribution in [2.45, 2.75) is 32.7 Å². The third-order valence-corrected chi connectivity index (χ3v) is 4.00. The number of benzene rings is 1. The average Bonchev–Trinajstić information content (AvgIpc) is 2.84. The van der Waals surface area contributed by atoms with E-state index >= 15 is 0 Å². The third-order valence-electron chi connectivity index (χ3n) is 4.00. The fraction of sp³-hybridized carbons (Fsp3) is 0.438. The van der Waals surface area contributed by atoms with Crippen LogP contribution in [0, 0.1) is 0 Å². The highest BCUT2D eigenvalue weighted by atomic mass is 16.5.